The van der Waals surface area contributed by atoms with E-state index in [4.69, 9.17) is 5.73 Å². The van der Waals surface area contributed by atoms with Gasteiger partial charge < -0.3 is 5.73 Å². The molecule has 0 saturated carbocycles. The molecule has 0 aliphatic heterocycles. The number of aromatic nitrogens is 4. The first kappa shape index (κ1) is 18.7. The van der Waals surface area contributed by atoms with Crippen LogP contribution in [0.25, 0.3) is 11.4 Å². The Kier molecular flexibility index (Phi) is 5.02. The van der Waals surface area contributed by atoms with Crippen LogP contribution in [-0.4, -0.2) is 52.9 Å². The number of benzene rings is 2. The topological polar surface area (TPSA) is 124 Å². The Bertz CT molecular complexity index is 1070. The molecule has 0 atom stereocenters. The van der Waals surface area contributed by atoms with Crippen molar-refractivity contribution in [1.82, 2.24) is 24.5 Å². The second-order valence-electron chi connectivity index (χ2n) is 6.02. The number of primary amides is 1. The molecule has 0 radical (unpaired) electrons. The molecule has 3 aromatic rings. The molecule has 0 fully saturated rings. The first-order valence-corrected chi connectivity index (χ1v) is 9.41. The first-order chi connectivity index (χ1) is 12.8. The predicted octanol–water partition coefficient (Wildman–Crippen LogP) is 0.738. The van der Waals surface area contributed by atoms with Gasteiger partial charge in [0.1, 0.15) is 0 Å². The van der Waals surface area contributed by atoms with Crippen LogP contribution in [0.2, 0.25) is 0 Å². The number of amides is 1. The molecule has 2 aromatic carbocycles. The summed E-state index contributed by atoms with van der Waals surface area (Å²) in [6.07, 6.45) is 0. The summed E-state index contributed by atoms with van der Waals surface area (Å²) >= 11 is 0. The molecule has 0 unspecified atom stereocenters. The maximum absolute atomic E-state index is 12.2. The molecule has 0 aliphatic rings. The van der Waals surface area contributed by atoms with Crippen molar-refractivity contribution in [3.63, 3.8) is 0 Å². The molecule has 27 heavy (non-hydrogen) atoms. The molecule has 9 nitrogen and oxygen atoms in total. The number of rotatable bonds is 6. The van der Waals surface area contributed by atoms with Crippen LogP contribution in [0.15, 0.2) is 53.4 Å². The van der Waals surface area contributed by atoms with E-state index >= 15 is 0 Å². The number of nitrogens with two attached hydrogens (primary N) is 1. The highest BCUT2D eigenvalue weighted by Crippen LogP contribution is 2.17. The summed E-state index contributed by atoms with van der Waals surface area (Å²) < 4.78 is 25.6. The molecule has 1 amide bonds. The fraction of sp³-hybridized carbons (Fsp3) is 0.176. The lowest BCUT2D eigenvalue weighted by Crippen LogP contribution is -2.22. The third kappa shape index (κ3) is 4.01. The number of carbonyl (C=O) groups excluding carboxylic acids is 1. The molecular formula is C17H18N6O3S. The van der Waals surface area contributed by atoms with Crippen LogP contribution in [0.3, 0.4) is 0 Å². The number of sulfonamides is 1. The molecule has 0 bridgehead atoms. The Hall–Kier alpha value is -3.11. The largest absolute Gasteiger partial charge is 0.366 e. The maximum atomic E-state index is 12.2. The van der Waals surface area contributed by atoms with E-state index in [9.17, 15) is 13.2 Å². The summed E-state index contributed by atoms with van der Waals surface area (Å²) in [5.41, 5.74) is 7.03. The minimum absolute atomic E-state index is 0.201. The lowest BCUT2D eigenvalue weighted by atomic mass is 10.1. The standard InChI is InChI=1S/C17H18N6O3S/c1-22(2)27(25,26)15-5-3-4-12(10-15)11-23-20-17(19-21-23)14-8-6-13(7-9-14)16(18)24/h3-10H,11H2,1-2H3,(H2,18,24). The average molecular weight is 386 g/mol. The molecule has 1 heterocycles. The van der Waals surface area contributed by atoms with Gasteiger partial charge in [0, 0.05) is 25.2 Å². The minimum Gasteiger partial charge on any atom is -0.366 e. The number of tetrazole rings is 1. The van der Waals surface area contributed by atoms with Crippen molar-refractivity contribution in [2.45, 2.75) is 11.4 Å². The normalized spacial score (nSPS) is 11.7. The third-order valence-electron chi connectivity index (χ3n) is 3.88. The highest BCUT2D eigenvalue weighted by atomic mass is 32.2. The lowest BCUT2D eigenvalue weighted by Gasteiger charge is -2.12. The SMILES string of the molecule is CN(C)S(=O)(=O)c1cccc(Cn2nnc(-c3ccc(C(N)=O)cc3)n2)c1. The maximum Gasteiger partial charge on any atom is 0.248 e. The van der Waals surface area contributed by atoms with E-state index in [2.05, 4.69) is 15.4 Å². The van der Waals surface area contributed by atoms with Gasteiger partial charge >= 0.3 is 0 Å². The fourth-order valence-corrected chi connectivity index (χ4v) is 3.36. The molecule has 3 rings (SSSR count). The average Bonchev–Trinajstić information content (AvgIpc) is 3.10. The zero-order chi connectivity index (χ0) is 19.6. The van der Waals surface area contributed by atoms with Gasteiger partial charge in [-0.15, -0.1) is 10.2 Å². The monoisotopic (exact) mass is 386 g/mol. The second-order valence-corrected chi connectivity index (χ2v) is 8.17. The Balaban J connectivity index is 1.81. The highest BCUT2D eigenvalue weighted by molar-refractivity contribution is 7.89. The third-order valence-corrected chi connectivity index (χ3v) is 5.69. The lowest BCUT2D eigenvalue weighted by molar-refractivity contribution is 0.100. The van der Waals surface area contributed by atoms with Crippen molar-refractivity contribution in [3.05, 3.63) is 59.7 Å². The Labute approximate surface area is 156 Å². The fourth-order valence-electron chi connectivity index (χ4n) is 2.39. The molecule has 0 saturated heterocycles. The van der Waals surface area contributed by atoms with Gasteiger partial charge in [-0.3, -0.25) is 4.79 Å². The molecule has 2 N–H and O–H groups in total. The Morgan fingerprint density at radius 1 is 1.15 bits per heavy atom. The van der Waals surface area contributed by atoms with Gasteiger partial charge in [-0.1, -0.05) is 24.3 Å². The van der Waals surface area contributed by atoms with Gasteiger partial charge in [-0.05, 0) is 35.0 Å². The highest BCUT2D eigenvalue weighted by Gasteiger charge is 2.17. The van der Waals surface area contributed by atoms with Crippen molar-refractivity contribution in [3.8, 4) is 11.4 Å². The predicted molar refractivity (Wildman–Crippen MR) is 98.2 cm³/mol. The molecule has 0 aliphatic carbocycles. The van der Waals surface area contributed by atoms with Gasteiger partial charge in [-0.2, -0.15) is 4.80 Å². The van der Waals surface area contributed by atoms with Crippen molar-refractivity contribution in [2.24, 2.45) is 5.73 Å². The first-order valence-electron chi connectivity index (χ1n) is 7.97. The van der Waals surface area contributed by atoms with Crippen LogP contribution in [0.1, 0.15) is 15.9 Å². The summed E-state index contributed by atoms with van der Waals surface area (Å²) in [6.45, 7) is 0.267. The summed E-state index contributed by atoms with van der Waals surface area (Å²) in [5, 5.41) is 12.3. The molecule has 140 valence electrons. The molecule has 0 spiro atoms. The summed E-state index contributed by atoms with van der Waals surface area (Å²) in [5.74, 6) is -0.117. The summed E-state index contributed by atoms with van der Waals surface area (Å²) in [4.78, 5) is 12.7. The van der Waals surface area contributed by atoms with Crippen molar-refractivity contribution in [1.29, 1.82) is 0 Å². The van der Waals surface area contributed by atoms with E-state index in [1.54, 1.807) is 48.5 Å². The van der Waals surface area contributed by atoms with Crippen LogP contribution in [-0.2, 0) is 16.6 Å². The van der Waals surface area contributed by atoms with Crippen molar-refractivity contribution in [2.75, 3.05) is 14.1 Å². The van der Waals surface area contributed by atoms with Gasteiger partial charge in [0.2, 0.25) is 21.8 Å². The zero-order valence-corrected chi connectivity index (χ0v) is 15.6. The molecular weight excluding hydrogens is 368 g/mol. The van der Waals surface area contributed by atoms with Crippen LogP contribution in [0.5, 0.6) is 0 Å². The van der Waals surface area contributed by atoms with Gasteiger partial charge in [0.05, 0.1) is 11.4 Å². The molecule has 1 aromatic heterocycles. The minimum atomic E-state index is -3.51. The van der Waals surface area contributed by atoms with Crippen LogP contribution < -0.4 is 5.73 Å². The number of nitrogens with zero attached hydrogens (tertiary/aromatic N) is 5. The number of hydrogen-bond donors (Lipinski definition) is 1. The van der Waals surface area contributed by atoms with E-state index in [1.807, 2.05) is 0 Å². The Morgan fingerprint density at radius 2 is 1.85 bits per heavy atom. The van der Waals surface area contributed by atoms with E-state index < -0.39 is 15.9 Å². The van der Waals surface area contributed by atoms with Crippen LogP contribution in [0, 0.1) is 0 Å². The number of carbonyl (C=O) groups is 1. The van der Waals surface area contributed by atoms with E-state index in [-0.39, 0.29) is 11.4 Å². The van der Waals surface area contributed by atoms with Gasteiger partial charge in [0.15, 0.2) is 0 Å². The van der Waals surface area contributed by atoms with Crippen molar-refractivity contribution >= 4 is 15.9 Å². The van der Waals surface area contributed by atoms with Crippen LogP contribution in [0.4, 0.5) is 0 Å². The molecule has 10 heteroatoms. The summed E-state index contributed by atoms with van der Waals surface area (Å²) in [7, 11) is -0.545. The van der Waals surface area contributed by atoms with Crippen molar-refractivity contribution < 1.29 is 13.2 Å². The number of hydrogen-bond acceptors (Lipinski definition) is 6. The van der Waals surface area contributed by atoms with Gasteiger partial charge in [-0.25, -0.2) is 12.7 Å². The van der Waals surface area contributed by atoms with Gasteiger partial charge in [0.25, 0.3) is 0 Å². The second kappa shape index (κ2) is 7.25. The van der Waals surface area contributed by atoms with E-state index in [0.717, 1.165) is 9.87 Å². The zero-order valence-electron chi connectivity index (χ0n) is 14.8. The van der Waals surface area contributed by atoms with E-state index in [0.29, 0.717) is 17.0 Å². The summed E-state index contributed by atoms with van der Waals surface area (Å²) in [6, 6.07) is 13.1. The van der Waals surface area contributed by atoms with Crippen LogP contribution >= 0.6 is 0 Å². The van der Waals surface area contributed by atoms with E-state index in [1.165, 1.54) is 18.9 Å². The quantitative estimate of drug-likeness (QED) is 0.666. The smallest absolute Gasteiger partial charge is 0.248 e. The Morgan fingerprint density at radius 3 is 2.48 bits per heavy atom.